The van der Waals surface area contributed by atoms with Crippen LogP contribution >= 0.6 is 0 Å². The molecule has 96 valence electrons. The first-order valence-corrected chi connectivity index (χ1v) is 5.57. The molecule has 0 aromatic heterocycles. The van der Waals surface area contributed by atoms with Gasteiger partial charge in [-0.3, -0.25) is 0 Å². The molecule has 0 spiro atoms. The maximum Gasteiger partial charge on any atom is 0.371 e. The molecular formula is C12H18O5. The Morgan fingerprint density at radius 3 is 1.53 bits per heavy atom. The topological polar surface area (TPSA) is 83.8 Å². The molecule has 5 nitrogen and oxygen atoms in total. The number of rotatable bonds is 8. The second-order valence-electron chi connectivity index (χ2n) is 3.43. The third-order valence-electron chi connectivity index (χ3n) is 1.88. The van der Waals surface area contributed by atoms with Gasteiger partial charge in [-0.1, -0.05) is 26.7 Å². The van der Waals surface area contributed by atoms with Crippen LogP contribution in [0.25, 0.3) is 0 Å². The first-order chi connectivity index (χ1) is 8.02. The van der Waals surface area contributed by atoms with Crippen LogP contribution in [0.4, 0.5) is 0 Å². The molecule has 17 heavy (non-hydrogen) atoms. The molecule has 0 amide bonds. The van der Waals surface area contributed by atoms with Crippen molar-refractivity contribution >= 4 is 11.9 Å². The Kier molecular flexibility index (Phi) is 7.50. The first kappa shape index (κ1) is 15.2. The van der Waals surface area contributed by atoms with Crippen LogP contribution in [-0.4, -0.2) is 22.2 Å². The summed E-state index contributed by atoms with van der Waals surface area (Å²) in [6.07, 6.45) is 5.35. The highest BCUT2D eigenvalue weighted by Crippen LogP contribution is 2.10. The van der Waals surface area contributed by atoms with E-state index in [1.54, 1.807) is 0 Å². The summed E-state index contributed by atoms with van der Waals surface area (Å²) in [6, 6.07) is 0. The molecule has 0 saturated carbocycles. The third kappa shape index (κ3) is 6.40. The SMILES string of the molecule is CCC/C=C(\O/C(=C\CCC)C(=O)O)C(=O)O. The summed E-state index contributed by atoms with van der Waals surface area (Å²) in [5.41, 5.74) is 0. The summed E-state index contributed by atoms with van der Waals surface area (Å²) in [6.45, 7) is 3.78. The third-order valence-corrected chi connectivity index (χ3v) is 1.88. The molecule has 0 aromatic rings. The number of hydrogen-bond acceptors (Lipinski definition) is 3. The fraction of sp³-hybridized carbons (Fsp3) is 0.500. The normalized spacial score (nSPS) is 12.4. The van der Waals surface area contributed by atoms with Gasteiger partial charge in [0.25, 0.3) is 0 Å². The van der Waals surface area contributed by atoms with Crippen LogP contribution in [0.1, 0.15) is 39.5 Å². The van der Waals surface area contributed by atoms with Gasteiger partial charge in [0.05, 0.1) is 0 Å². The molecule has 0 aliphatic heterocycles. The molecule has 0 unspecified atom stereocenters. The zero-order chi connectivity index (χ0) is 13.3. The quantitative estimate of drug-likeness (QED) is 0.504. The summed E-state index contributed by atoms with van der Waals surface area (Å²) in [4.78, 5) is 21.6. The van der Waals surface area contributed by atoms with Crippen molar-refractivity contribution in [2.24, 2.45) is 0 Å². The van der Waals surface area contributed by atoms with Gasteiger partial charge in [0.15, 0.2) is 0 Å². The summed E-state index contributed by atoms with van der Waals surface area (Å²) in [7, 11) is 0. The molecule has 0 aromatic carbocycles. The number of carboxylic acids is 2. The van der Waals surface area contributed by atoms with Gasteiger partial charge >= 0.3 is 11.9 Å². The summed E-state index contributed by atoms with van der Waals surface area (Å²) in [5.74, 6) is -3.20. The van der Waals surface area contributed by atoms with Crippen LogP contribution < -0.4 is 0 Å². The standard InChI is InChI=1S/C12H18O5/c1-3-5-7-9(11(13)14)17-10(12(15)16)8-6-4-2/h7-8H,3-6H2,1-2H3,(H,13,14)(H,15,16)/b9-7-,10-8-. The van der Waals surface area contributed by atoms with Gasteiger partial charge in [0, 0.05) is 0 Å². The molecule has 0 aliphatic carbocycles. The van der Waals surface area contributed by atoms with Crippen LogP contribution in [0.5, 0.6) is 0 Å². The molecule has 0 heterocycles. The number of hydrogen-bond donors (Lipinski definition) is 2. The van der Waals surface area contributed by atoms with Crippen molar-refractivity contribution in [3.05, 3.63) is 23.7 Å². The zero-order valence-electron chi connectivity index (χ0n) is 10.1. The number of carbonyl (C=O) groups is 2. The van der Waals surface area contributed by atoms with Gasteiger partial charge in [-0.25, -0.2) is 9.59 Å². The molecule has 2 N–H and O–H groups in total. The van der Waals surface area contributed by atoms with Crippen molar-refractivity contribution in [3.63, 3.8) is 0 Å². The van der Waals surface area contributed by atoms with E-state index in [0.29, 0.717) is 12.8 Å². The lowest BCUT2D eigenvalue weighted by molar-refractivity contribution is -0.139. The van der Waals surface area contributed by atoms with Crippen molar-refractivity contribution < 1.29 is 24.5 Å². The molecule has 0 aliphatic rings. The molecule has 0 bridgehead atoms. The summed E-state index contributed by atoms with van der Waals surface area (Å²) >= 11 is 0. The van der Waals surface area contributed by atoms with Crippen LogP contribution in [0.3, 0.4) is 0 Å². The van der Waals surface area contributed by atoms with Crippen molar-refractivity contribution in [3.8, 4) is 0 Å². The van der Waals surface area contributed by atoms with E-state index in [1.165, 1.54) is 12.2 Å². The molecule has 0 rings (SSSR count). The second-order valence-corrected chi connectivity index (χ2v) is 3.43. The smallest absolute Gasteiger partial charge is 0.371 e. The summed E-state index contributed by atoms with van der Waals surface area (Å²) in [5, 5.41) is 17.7. The average Bonchev–Trinajstić information content (AvgIpc) is 2.27. The molecular weight excluding hydrogens is 224 g/mol. The maximum atomic E-state index is 10.8. The Hall–Kier alpha value is -1.78. The largest absolute Gasteiger partial charge is 0.475 e. The van der Waals surface area contributed by atoms with Crippen LogP contribution in [0.15, 0.2) is 23.7 Å². The highest BCUT2D eigenvalue weighted by molar-refractivity contribution is 5.88. The van der Waals surface area contributed by atoms with E-state index >= 15 is 0 Å². The Balaban J connectivity index is 4.81. The van der Waals surface area contributed by atoms with Crippen molar-refractivity contribution in [1.29, 1.82) is 0 Å². The average molecular weight is 242 g/mol. The second kappa shape index (κ2) is 8.38. The Bertz CT molecular complexity index is 296. The minimum Gasteiger partial charge on any atom is -0.475 e. The molecule has 5 heteroatoms. The van der Waals surface area contributed by atoms with Gasteiger partial charge in [0.1, 0.15) is 0 Å². The lowest BCUT2D eigenvalue weighted by Crippen LogP contribution is -2.10. The lowest BCUT2D eigenvalue weighted by Gasteiger charge is -2.06. The first-order valence-electron chi connectivity index (χ1n) is 5.57. The van der Waals surface area contributed by atoms with Gasteiger partial charge in [-0.2, -0.15) is 0 Å². The van der Waals surface area contributed by atoms with E-state index in [0.717, 1.165) is 12.8 Å². The lowest BCUT2D eigenvalue weighted by atomic mass is 10.3. The molecule has 0 radical (unpaired) electrons. The maximum absolute atomic E-state index is 10.8. The predicted octanol–water partition coefficient (Wildman–Crippen LogP) is 2.54. The van der Waals surface area contributed by atoms with E-state index in [9.17, 15) is 9.59 Å². The number of ether oxygens (including phenoxy) is 1. The summed E-state index contributed by atoms with van der Waals surface area (Å²) < 4.78 is 4.90. The van der Waals surface area contributed by atoms with E-state index < -0.39 is 11.9 Å². The number of carboxylic acid groups (broad SMARTS) is 2. The molecule has 0 atom stereocenters. The Morgan fingerprint density at radius 1 is 0.941 bits per heavy atom. The monoisotopic (exact) mass is 242 g/mol. The molecule has 0 saturated heterocycles. The van der Waals surface area contributed by atoms with Gasteiger partial charge in [-0.05, 0) is 25.0 Å². The minimum absolute atomic E-state index is 0.336. The van der Waals surface area contributed by atoms with E-state index in [2.05, 4.69) is 0 Å². The van der Waals surface area contributed by atoms with Crippen molar-refractivity contribution in [2.45, 2.75) is 39.5 Å². The molecule has 0 fully saturated rings. The Morgan fingerprint density at radius 2 is 1.29 bits per heavy atom. The van der Waals surface area contributed by atoms with Crippen LogP contribution in [-0.2, 0) is 14.3 Å². The van der Waals surface area contributed by atoms with Gasteiger partial charge < -0.3 is 14.9 Å². The van der Waals surface area contributed by atoms with Crippen molar-refractivity contribution in [2.75, 3.05) is 0 Å². The van der Waals surface area contributed by atoms with Crippen molar-refractivity contribution in [1.82, 2.24) is 0 Å². The number of allylic oxidation sites excluding steroid dienone is 2. The fourth-order valence-corrected chi connectivity index (χ4v) is 1.01. The van der Waals surface area contributed by atoms with E-state index in [4.69, 9.17) is 14.9 Å². The zero-order valence-corrected chi connectivity index (χ0v) is 10.1. The highest BCUT2D eigenvalue weighted by atomic mass is 16.5. The van der Waals surface area contributed by atoms with Gasteiger partial charge in [-0.15, -0.1) is 0 Å². The minimum atomic E-state index is -1.26. The number of unbranched alkanes of at least 4 members (excludes halogenated alkanes) is 2. The van der Waals surface area contributed by atoms with Crippen LogP contribution in [0.2, 0.25) is 0 Å². The van der Waals surface area contributed by atoms with E-state index in [-0.39, 0.29) is 11.5 Å². The highest BCUT2D eigenvalue weighted by Gasteiger charge is 2.15. The Labute approximate surface area is 100 Å². The van der Waals surface area contributed by atoms with Crippen LogP contribution in [0, 0.1) is 0 Å². The number of aliphatic carboxylic acids is 2. The predicted molar refractivity (Wildman–Crippen MR) is 62.3 cm³/mol. The fourth-order valence-electron chi connectivity index (χ4n) is 1.01. The van der Waals surface area contributed by atoms with E-state index in [1.807, 2.05) is 13.8 Å². The van der Waals surface area contributed by atoms with Gasteiger partial charge in [0.2, 0.25) is 11.5 Å².